The molecule has 2 N–H and O–H groups in total. The monoisotopic (exact) mass is 137 g/mol. The number of nitrogens with two attached hydrogens (primary N) is 1. The Kier molecular flexibility index (Phi) is 2.93. The molecule has 0 amide bonds. The predicted octanol–water partition coefficient (Wildman–Crippen LogP) is 1.12. The molecule has 2 heteroatoms. The molecule has 0 bridgehead atoms. The van der Waals surface area contributed by atoms with Crippen molar-refractivity contribution in [3.05, 3.63) is 35.9 Å². The fourth-order valence-electron chi connectivity index (χ4n) is 0.821. The Balaban J connectivity index is 2.43. The van der Waals surface area contributed by atoms with E-state index in [2.05, 4.69) is 17.0 Å². The van der Waals surface area contributed by atoms with Gasteiger partial charge in [0.1, 0.15) is 0 Å². The van der Waals surface area contributed by atoms with Gasteiger partial charge < -0.3 is 4.84 Å². The van der Waals surface area contributed by atoms with Gasteiger partial charge in [0.05, 0.1) is 6.61 Å². The number of benzene rings is 1. The van der Waals surface area contributed by atoms with Crippen LogP contribution >= 0.6 is 0 Å². The minimum Gasteiger partial charge on any atom is -0.304 e. The number of rotatable bonds is 3. The van der Waals surface area contributed by atoms with Gasteiger partial charge in [0.15, 0.2) is 0 Å². The Morgan fingerprint density at radius 3 is 2.50 bits per heavy atom. The van der Waals surface area contributed by atoms with Gasteiger partial charge in [-0.25, -0.2) is 5.90 Å². The van der Waals surface area contributed by atoms with Crippen molar-refractivity contribution in [2.45, 2.75) is 6.42 Å². The molecule has 0 heterocycles. The third-order valence-corrected chi connectivity index (χ3v) is 1.35. The first-order valence-corrected chi connectivity index (χ1v) is 3.29. The van der Waals surface area contributed by atoms with Crippen LogP contribution in [0.4, 0.5) is 0 Å². The first kappa shape index (κ1) is 7.25. The van der Waals surface area contributed by atoms with Crippen LogP contribution in [0.1, 0.15) is 5.56 Å². The second kappa shape index (κ2) is 4.04. The SMILES string of the molecule is NOCCc1ccccc1. The first-order chi connectivity index (χ1) is 4.93. The van der Waals surface area contributed by atoms with Crippen molar-refractivity contribution in [2.24, 2.45) is 5.90 Å². The Morgan fingerprint density at radius 2 is 1.90 bits per heavy atom. The van der Waals surface area contributed by atoms with E-state index in [1.165, 1.54) is 5.56 Å². The van der Waals surface area contributed by atoms with E-state index >= 15 is 0 Å². The van der Waals surface area contributed by atoms with Gasteiger partial charge in [-0.15, -0.1) is 0 Å². The lowest BCUT2D eigenvalue weighted by atomic mass is 10.2. The zero-order valence-electron chi connectivity index (χ0n) is 5.79. The molecule has 0 aliphatic heterocycles. The van der Waals surface area contributed by atoms with Gasteiger partial charge in [0.2, 0.25) is 0 Å². The quantitative estimate of drug-likeness (QED) is 0.633. The molecule has 0 atom stereocenters. The van der Waals surface area contributed by atoms with Crippen molar-refractivity contribution < 1.29 is 4.84 Å². The van der Waals surface area contributed by atoms with Gasteiger partial charge in [-0.3, -0.25) is 0 Å². The summed E-state index contributed by atoms with van der Waals surface area (Å²) < 4.78 is 0. The summed E-state index contributed by atoms with van der Waals surface area (Å²) in [6, 6.07) is 10.1. The highest BCUT2D eigenvalue weighted by atomic mass is 16.6. The van der Waals surface area contributed by atoms with Gasteiger partial charge in [-0.2, -0.15) is 0 Å². The number of hydrogen-bond acceptors (Lipinski definition) is 2. The molecule has 0 aromatic heterocycles. The summed E-state index contributed by atoms with van der Waals surface area (Å²) >= 11 is 0. The Hall–Kier alpha value is -0.860. The lowest BCUT2D eigenvalue weighted by molar-refractivity contribution is 0.141. The minimum atomic E-state index is 0.587. The van der Waals surface area contributed by atoms with E-state index in [0.717, 1.165) is 6.42 Å². The van der Waals surface area contributed by atoms with Gasteiger partial charge in [0, 0.05) is 0 Å². The average Bonchev–Trinajstić information content (AvgIpc) is 2.03. The maximum absolute atomic E-state index is 4.88. The third kappa shape index (κ3) is 2.17. The van der Waals surface area contributed by atoms with E-state index in [0.29, 0.717) is 6.61 Å². The molecule has 2 nitrogen and oxygen atoms in total. The van der Waals surface area contributed by atoms with Gasteiger partial charge in [0.25, 0.3) is 0 Å². The van der Waals surface area contributed by atoms with Crippen LogP contribution < -0.4 is 5.90 Å². The van der Waals surface area contributed by atoms with Crippen LogP contribution in [0.5, 0.6) is 0 Å². The van der Waals surface area contributed by atoms with E-state index in [-0.39, 0.29) is 0 Å². The summed E-state index contributed by atoms with van der Waals surface area (Å²) in [5, 5.41) is 0. The normalized spacial score (nSPS) is 9.70. The summed E-state index contributed by atoms with van der Waals surface area (Å²) in [5.41, 5.74) is 1.26. The molecule has 0 unspecified atom stereocenters. The molecule has 0 aliphatic carbocycles. The third-order valence-electron chi connectivity index (χ3n) is 1.35. The number of hydrogen-bond donors (Lipinski definition) is 1. The standard InChI is InChI=1S/C8H11NO/c9-10-7-6-8-4-2-1-3-5-8/h1-5H,6-7,9H2. The topological polar surface area (TPSA) is 35.2 Å². The minimum absolute atomic E-state index is 0.587. The molecule has 10 heavy (non-hydrogen) atoms. The van der Waals surface area contributed by atoms with Crippen molar-refractivity contribution in [3.8, 4) is 0 Å². The molecule has 1 rings (SSSR count). The van der Waals surface area contributed by atoms with Crippen LogP contribution in [0, 0.1) is 0 Å². The van der Waals surface area contributed by atoms with Crippen molar-refractivity contribution in [1.82, 2.24) is 0 Å². The zero-order chi connectivity index (χ0) is 7.23. The first-order valence-electron chi connectivity index (χ1n) is 3.29. The highest BCUT2D eigenvalue weighted by Gasteiger charge is 1.88. The van der Waals surface area contributed by atoms with E-state index in [4.69, 9.17) is 5.90 Å². The van der Waals surface area contributed by atoms with Crippen molar-refractivity contribution in [3.63, 3.8) is 0 Å². The maximum atomic E-state index is 4.88. The van der Waals surface area contributed by atoms with Crippen LogP contribution in [0.15, 0.2) is 30.3 Å². The Labute approximate surface area is 60.6 Å². The van der Waals surface area contributed by atoms with Gasteiger partial charge in [-0.1, -0.05) is 30.3 Å². The van der Waals surface area contributed by atoms with Crippen molar-refractivity contribution >= 4 is 0 Å². The van der Waals surface area contributed by atoms with E-state index < -0.39 is 0 Å². The average molecular weight is 137 g/mol. The molecule has 0 fully saturated rings. The highest BCUT2D eigenvalue weighted by molar-refractivity contribution is 5.14. The smallest absolute Gasteiger partial charge is 0.0719 e. The van der Waals surface area contributed by atoms with Crippen LogP contribution in [0.3, 0.4) is 0 Å². The molecule has 0 aliphatic rings. The molecule has 1 aromatic carbocycles. The lowest BCUT2D eigenvalue weighted by Gasteiger charge is -1.96. The largest absolute Gasteiger partial charge is 0.304 e. The van der Waals surface area contributed by atoms with Crippen LogP contribution in [0.25, 0.3) is 0 Å². The van der Waals surface area contributed by atoms with E-state index in [9.17, 15) is 0 Å². The van der Waals surface area contributed by atoms with Gasteiger partial charge in [-0.05, 0) is 12.0 Å². The molecular formula is C8H11NO. The van der Waals surface area contributed by atoms with Crippen molar-refractivity contribution in [2.75, 3.05) is 6.61 Å². The van der Waals surface area contributed by atoms with E-state index in [1.807, 2.05) is 18.2 Å². The van der Waals surface area contributed by atoms with E-state index in [1.54, 1.807) is 0 Å². The molecular weight excluding hydrogens is 126 g/mol. The summed E-state index contributed by atoms with van der Waals surface area (Å²) in [6.07, 6.45) is 0.886. The molecule has 0 saturated heterocycles. The Morgan fingerprint density at radius 1 is 1.20 bits per heavy atom. The lowest BCUT2D eigenvalue weighted by Crippen LogP contribution is -2.03. The summed E-state index contributed by atoms with van der Waals surface area (Å²) in [5.74, 6) is 4.88. The predicted molar refractivity (Wildman–Crippen MR) is 40.3 cm³/mol. The molecule has 1 aromatic rings. The fourth-order valence-corrected chi connectivity index (χ4v) is 0.821. The maximum Gasteiger partial charge on any atom is 0.0719 e. The Bertz CT molecular complexity index is 174. The summed E-state index contributed by atoms with van der Waals surface area (Å²) in [4.78, 5) is 4.45. The second-order valence-electron chi connectivity index (χ2n) is 2.11. The molecule has 0 spiro atoms. The van der Waals surface area contributed by atoms with Crippen LogP contribution in [-0.4, -0.2) is 6.61 Å². The molecule has 54 valence electrons. The molecule has 0 saturated carbocycles. The second-order valence-corrected chi connectivity index (χ2v) is 2.11. The molecule has 0 radical (unpaired) electrons. The highest BCUT2D eigenvalue weighted by Crippen LogP contribution is 1.98. The van der Waals surface area contributed by atoms with Crippen LogP contribution in [-0.2, 0) is 11.3 Å². The van der Waals surface area contributed by atoms with Crippen LogP contribution in [0.2, 0.25) is 0 Å². The fraction of sp³-hybridized carbons (Fsp3) is 0.250. The van der Waals surface area contributed by atoms with Gasteiger partial charge >= 0.3 is 0 Å². The van der Waals surface area contributed by atoms with Crippen molar-refractivity contribution in [1.29, 1.82) is 0 Å². The summed E-state index contributed by atoms with van der Waals surface area (Å²) in [7, 11) is 0. The summed E-state index contributed by atoms with van der Waals surface area (Å²) in [6.45, 7) is 0.587. The zero-order valence-corrected chi connectivity index (χ0v) is 5.79.